The molecule has 0 radical (unpaired) electrons. The fourth-order valence-corrected chi connectivity index (χ4v) is 2.03. The van der Waals surface area contributed by atoms with E-state index >= 15 is 0 Å². The van der Waals surface area contributed by atoms with Crippen molar-refractivity contribution in [3.8, 4) is 0 Å². The molecule has 1 atom stereocenters. The van der Waals surface area contributed by atoms with E-state index in [1.807, 2.05) is 0 Å². The molecule has 0 aromatic carbocycles. The molecule has 0 saturated heterocycles. The van der Waals surface area contributed by atoms with Gasteiger partial charge in [-0.2, -0.15) is 0 Å². The molecule has 0 aromatic heterocycles. The summed E-state index contributed by atoms with van der Waals surface area (Å²) in [5.41, 5.74) is 5.66. The quantitative estimate of drug-likeness (QED) is 0.660. The molecule has 0 fully saturated rings. The van der Waals surface area contributed by atoms with E-state index in [4.69, 9.17) is 10.5 Å². The molecule has 0 rings (SSSR count). The molecule has 0 heterocycles. The third-order valence-electron chi connectivity index (χ3n) is 2.90. The van der Waals surface area contributed by atoms with Crippen LogP contribution in [-0.2, 0) is 4.74 Å². The van der Waals surface area contributed by atoms with Crippen LogP contribution in [0.3, 0.4) is 0 Å². The second-order valence-electron chi connectivity index (χ2n) is 4.94. The van der Waals surface area contributed by atoms with Crippen molar-refractivity contribution in [1.29, 1.82) is 0 Å². The molecule has 3 heteroatoms. The molecule has 0 aliphatic heterocycles. The lowest BCUT2D eigenvalue weighted by atomic mass is 10.2. The van der Waals surface area contributed by atoms with Gasteiger partial charge in [0.05, 0.1) is 12.7 Å². The lowest BCUT2D eigenvalue weighted by molar-refractivity contribution is 0.0255. The normalized spacial score (nSPS) is 14.1. The SMILES string of the molecule is CCCC(CN)OCCN(C(C)C)C(C)C. The molecular weight excluding hydrogens is 200 g/mol. The van der Waals surface area contributed by atoms with E-state index in [0.29, 0.717) is 18.6 Å². The van der Waals surface area contributed by atoms with Gasteiger partial charge in [0, 0.05) is 25.2 Å². The van der Waals surface area contributed by atoms with Crippen molar-refractivity contribution in [3.05, 3.63) is 0 Å². The average Bonchev–Trinajstić information content (AvgIpc) is 2.21. The highest BCUT2D eigenvalue weighted by atomic mass is 16.5. The molecule has 0 saturated carbocycles. The van der Waals surface area contributed by atoms with Crippen LogP contribution >= 0.6 is 0 Å². The maximum Gasteiger partial charge on any atom is 0.0697 e. The Labute approximate surface area is 101 Å². The predicted molar refractivity (Wildman–Crippen MR) is 70.7 cm³/mol. The van der Waals surface area contributed by atoms with Gasteiger partial charge in [-0.25, -0.2) is 0 Å². The van der Waals surface area contributed by atoms with Crippen LogP contribution in [0.5, 0.6) is 0 Å². The molecule has 0 amide bonds. The number of ether oxygens (including phenoxy) is 1. The predicted octanol–water partition coefficient (Wildman–Crippen LogP) is 2.25. The lowest BCUT2D eigenvalue weighted by Crippen LogP contribution is -2.40. The zero-order chi connectivity index (χ0) is 12.6. The molecule has 16 heavy (non-hydrogen) atoms. The molecule has 0 spiro atoms. The van der Waals surface area contributed by atoms with E-state index in [1.54, 1.807) is 0 Å². The first-order valence-corrected chi connectivity index (χ1v) is 6.60. The number of hydrogen-bond donors (Lipinski definition) is 1. The molecule has 0 aliphatic carbocycles. The fourth-order valence-electron chi connectivity index (χ4n) is 2.03. The minimum atomic E-state index is 0.242. The van der Waals surface area contributed by atoms with Gasteiger partial charge in [0.25, 0.3) is 0 Å². The van der Waals surface area contributed by atoms with E-state index in [1.165, 1.54) is 0 Å². The average molecular weight is 230 g/mol. The van der Waals surface area contributed by atoms with Crippen molar-refractivity contribution in [2.24, 2.45) is 5.73 Å². The molecule has 3 nitrogen and oxygen atoms in total. The van der Waals surface area contributed by atoms with Crippen LogP contribution in [-0.4, -0.2) is 42.8 Å². The molecule has 0 bridgehead atoms. The summed E-state index contributed by atoms with van der Waals surface area (Å²) >= 11 is 0. The topological polar surface area (TPSA) is 38.5 Å². The molecule has 2 N–H and O–H groups in total. The second-order valence-corrected chi connectivity index (χ2v) is 4.94. The summed E-state index contributed by atoms with van der Waals surface area (Å²) in [4.78, 5) is 2.44. The Balaban J connectivity index is 3.84. The summed E-state index contributed by atoms with van der Waals surface area (Å²) in [7, 11) is 0. The van der Waals surface area contributed by atoms with Crippen LogP contribution in [0.2, 0.25) is 0 Å². The van der Waals surface area contributed by atoms with E-state index < -0.39 is 0 Å². The van der Waals surface area contributed by atoms with E-state index in [-0.39, 0.29) is 6.10 Å². The first kappa shape index (κ1) is 15.9. The minimum Gasteiger partial charge on any atom is -0.376 e. The van der Waals surface area contributed by atoms with E-state index in [0.717, 1.165) is 26.0 Å². The van der Waals surface area contributed by atoms with Gasteiger partial charge in [0.15, 0.2) is 0 Å². The third-order valence-corrected chi connectivity index (χ3v) is 2.90. The Morgan fingerprint density at radius 3 is 2.06 bits per heavy atom. The molecule has 0 aliphatic rings. The summed E-state index contributed by atoms with van der Waals surface area (Å²) in [5, 5.41) is 0. The van der Waals surface area contributed by atoms with Gasteiger partial charge >= 0.3 is 0 Å². The van der Waals surface area contributed by atoms with Gasteiger partial charge in [-0.3, -0.25) is 4.90 Å². The Bertz CT molecular complexity index is 152. The highest BCUT2D eigenvalue weighted by Crippen LogP contribution is 2.06. The summed E-state index contributed by atoms with van der Waals surface area (Å²) < 4.78 is 5.80. The van der Waals surface area contributed by atoms with Crippen molar-refractivity contribution in [3.63, 3.8) is 0 Å². The Morgan fingerprint density at radius 2 is 1.69 bits per heavy atom. The molecule has 1 unspecified atom stereocenters. The number of nitrogens with two attached hydrogens (primary N) is 1. The largest absolute Gasteiger partial charge is 0.376 e. The smallest absolute Gasteiger partial charge is 0.0697 e. The van der Waals surface area contributed by atoms with Crippen molar-refractivity contribution < 1.29 is 4.74 Å². The maximum atomic E-state index is 5.80. The Hall–Kier alpha value is -0.120. The monoisotopic (exact) mass is 230 g/mol. The van der Waals surface area contributed by atoms with Crippen LogP contribution in [0.1, 0.15) is 47.5 Å². The molecular formula is C13H30N2O. The first-order chi connectivity index (χ1) is 7.52. The number of hydrogen-bond acceptors (Lipinski definition) is 3. The van der Waals surface area contributed by atoms with Crippen LogP contribution in [0.25, 0.3) is 0 Å². The fraction of sp³-hybridized carbons (Fsp3) is 1.00. The van der Waals surface area contributed by atoms with Gasteiger partial charge in [0.1, 0.15) is 0 Å². The second kappa shape index (κ2) is 8.97. The number of rotatable bonds is 9. The summed E-state index contributed by atoms with van der Waals surface area (Å²) in [6, 6.07) is 1.15. The highest BCUT2D eigenvalue weighted by molar-refractivity contribution is 4.67. The molecule has 98 valence electrons. The van der Waals surface area contributed by atoms with Crippen LogP contribution in [0.4, 0.5) is 0 Å². The van der Waals surface area contributed by atoms with Gasteiger partial charge in [0.2, 0.25) is 0 Å². The third kappa shape index (κ3) is 6.46. The van der Waals surface area contributed by atoms with E-state index in [9.17, 15) is 0 Å². The van der Waals surface area contributed by atoms with Crippen LogP contribution < -0.4 is 5.73 Å². The number of nitrogens with zero attached hydrogens (tertiary/aromatic N) is 1. The Morgan fingerprint density at radius 1 is 1.12 bits per heavy atom. The lowest BCUT2D eigenvalue weighted by Gasteiger charge is -2.30. The maximum absolute atomic E-state index is 5.80. The van der Waals surface area contributed by atoms with Crippen molar-refractivity contribution in [2.45, 2.75) is 65.6 Å². The van der Waals surface area contributed by atoms with Gasteiger partial charge in [-0.15, -0.1) is 0 Å². The van der Waals surface area contributed by atoms with Gasteiger partial charge < -0.3 is 10.5 Å². The van der Waals surface area contributed by atoms with Crippen molar-refractivity contribution in [1.82, 2.24) is 4.90 Å². The zero-order valence-corrected chi connectivity index (χ0v) is 11.7. The van der Waals surface area contributed by atoms with Gasteiger partial charge in [-0.1, -0.05) is 13.3 Å². The standard InChI is InChI=1S/C13H30N2O/c1-6-7-13(10-14)16-9-8-15(11(2)3)12(4)5/h11-13H,6-10,14H2,1-5H3. The van der Waals surface area contributed by atoms with Crippen molar-refractivity contribution in [2.75, 3.05) is 19.7 Å². The van der Waals surface area contributed by atoms with Crippen LogP contribution in [0, 0.1) is 0 Å². The van der Waals surface area contributed by atoms with Gasteiger partial charge in [-0.05, 0) is 34.1 Å². The Kier molecular flexibility index (Phi) is 8.90. The van der Waals surface area contributed by atoms with E-state index in [2.05, 4.69) is 39.5 Å². The summed E-state index contributed by atoms with van der Waals surface area (Å²) in [6.45, 7) is 13.5. The summed E-state index contributed by atoms with van der Waals surface area (Å²) in [6.07, 6.45) is 2.45. The molecule has 0 aromatic rings. The minimum absolute atomic E-state index is 0.242. The zero-order valence-electron chi connectivity index (χ0n) is 11.7. The summed E-state index contributed by atoms with van der Waals surface area (Å²) in [5.74, 6) is 0. The van der Waals surface area contributed by atoms with Crippen molar-refractivity contribution >= 4 is 0 Å². The highest BCUT2D eigenvalue weighted by Gasteiger charge is 2.13. The first-order valence-electron chi connectivity index (χ1n) is 6.60. The van der Waals surface area contributed by atoms with Crippen LogP contribution in [0.15, 0.2) is 0 Å².